The fraction of sp³-hybridized carbons (Fsp3) is 0.455. The number of allylic oxidation sites excluding steroid dienone is 3. The zero-order valence-corrected chi connectivity index (χ0v) is 17.8. The largest absolute Gasteiger partial charge is 0.356 e. The summed E-state index contributed by atoms with van der Waals surface area (Å²) in [6.45, 7) is 6.72. The lowest BCUT2D eigenvalue weighted by Crippen LogP contribution is -2.44. The summed E-state index contributed by atoms with van der Waals surface area (Å²) in [5.74, 6) is -0.909. The lowest BCUT2D eigenvalue weighted by Gasteiger charge is -2.34. The van der Waals surface area contributed by atoms with E-state index in [2.05, 4.69) is 26.4 Å². The highest BCUT2D eigenvalue weighted by Crippen LogP contribution is 2.29. The van der Waals surface area contributed by atoms with Crippen molar-refractivity contribution in [2.45, 2.75) is 32.2 Å². The van der Waals surface area contributed by atoms with E-state index in [0.29, 0.717) is 44.5 Å². The van der Waals surface area contributed by atoms with Crippen LogP contribution in [-0.4, -0.2) is 59.9 Å². The molecular formula is C22H27F2N5O2. The van der Waals surface area contributed by atoms with E-state index in [9.17, 15) is 13.6 Å². The van der Waals surface area contributed by atoms with Crippen LogP contribution in [0.4, 0.5) is 14.6 Å². The molecule has 7 nitrogen and oxygen atoms in total. The zero-order valence-electron chi connectivity index (χ0n) is 17.8. The monoisotopic (exact) mass is 431 g/mol. The molecule has 166 valence electrons. The number of hydrogen-bond donors (Lipinski definition) is 0. The molecule has 3 rings (SSSR count). The first-order valence-corrected chi connectivity index (χ1v) is 10.2. The summed E-state index contributed by atoms with van der Waals surface area (Å²) in [5.41, 5.74) is 1.11. The quantitative estimate of drug-likeness (QED) is 0.509. The van der Waals surface area contributed by atoms with Crippen molar-refractivity contribution in [3.05, 3.63) is 54.0 Å². The van der Waals surface area contributed by atoms with Crippen LogP contribution in [0.15, 0.2) is 53.3 Å². The molecule has 0 bridgehead atoms. The van der Waals surface area contributed by atoms with Crippen LogP contribution in [-0.2, 0) is 9.63 Å². The second kappa shape index (κ2) is 10.4. The minimum absolute atomic E-state index is 0.129. The maximum Gasteiger partial charge on any atom is 0.249 e. The van der Waals surface area contributed by atoms with E-state index in [0.717, 1.165) is 30.6 Å². The molecule has 31 heavy (non-hydrogen) atoms. The summed E-state index contributed by atoms with van der Waals surface area (Å²) in [7, 11) is 1.68. The Labute approximate surface area is 180 Å². The molecule has 2 aliphatic heterocycles. The first-order chi connectivity index (χ1) is 14.9. The first-order valence-electron chi connectivity index (χ1n) is 10.2. The van der Waals surface area contributed by atoms with Crippen LogP contribution in [0.1, 0.15) is 31.9 Å². The summed E-state index contributed by atoms with van der Waals surface area (Å²) in [4.78, 5) is 33.2. The predicted octanol–water partition coefficient (Wildman–Crippen LogP) is 3.56. The molecule has 0 aromatic carbocycles. The Hall–Kier alpha value is -2.94. The fourth-order valence-corrected chi connectivity index (χ4v) is 3.80. The van der Waals surface area contributed by atoms with Gasteiger partial charge in [-0.2, -0.15) is 0 Å². The summed E-state index contributed by atoms with van der Waals surface area (Å²) in [6, 6.07) is 1.41. The van der Waals surface area contributed by atoms with Gasteiger partial charge in [-0.1, -0.05) is 6.58 Å². The van der Waals surface area contributed by atoms with Crippen LogP contribution in [0, 0.1) is 5.92 Å². The minimum Gasteiger partial charge on any atom is -0.356 e. The molecule has 0 spiro atoms. The molecule has 1 amide bonds. The molecule has 0 radical (unpaired) electrons. The number of piperidine rings is 1. The second-order valence-corrected chi connectivity index (χ2v) is 7.59. The van der Waals surface area contributed by atoms with Gasteiger partial charge in [-0.25, -0.2) is 23.8 Å². The van der Waals surface area contributed by atoms with E-state index in [-0.39, 0.29) is 11.8 Å². The van der Waals surface area contributed by atoms with E-state index in [1.54, 1.807) is 13.3 Å². The van der Waals surface area contributed by atoms with Gasteiger partial charge in [0.25, 0.3) is 0 Å². The molecule has 1 aromatic rings. The number of rotatable bonds is 6. The van der Waals surface area contributed by atoms with E-state index in [1.165, 1.54) is 11.4 Å². The molecule has 0 N–H and O–H groups in total. The number of carbonyl (C=O) groups is 1. The molecule has 2 saturated heterocycles. The third-order valence-corrected chi connectivity index (χ3v) is 5.31. The van der Waals surface area contributed by atoms with Crippen LogP contribution in [0.25, 0.3) is 0 Å². The molecule has 9 heteroatoms. The topological polar surface area (TPSA) is 70.9 Å². The van der Waals surface area contributed by atoms with Gasteiger partial charge >= 0.3 is 0 Å². The molecular weight excluding hydrogens is 404 g/mol. The van der Waals surface area contributed by atoms with Gasteiger partial charge in [0.15, 0.2) is 0 Å². The van der Waals surface area contributed by atoms with E-state index in [4.69, 9.17) is 4.84 Å². The van der Waals surface area contributed by atoms with Gasteiger partial charge in [0.1, 0.15) is 18.0 Å². The molecule has 2 fully saturated rings. The van der Waals surface area contributed by atoms with Crippen molar-refractivity contribution in [3.63, 3.8) is 0 Å². The molecule has 1 aromatic heterocycles. The summed E-state index contributed by atoms with van der Waals surface area (Å²) in [6.07, 6.45) is 6.92. The van der Waals surface area contributed by atoms with Crippen LogP contribution < -0.4 is 4.90 Å². The van der Waals surface area contributed by atoms with Gasteiger partial charge in [-0.3, -0.25) is 14.6 Å². The Kier molecular flexibility index (Phi) is 7.62. The van der Waals surface area contributed by atoms with Crippen molar-refractivity contribution in [2.24, 2.45) is 10.9 Å². The zero-order chi connectivity index (χ0) is 22.4. The van der Waals surface area contributed by atoms with Crippen LogP contribution in [0.5, 0.6) is 0 Å². The highest BCUT2D eigenvalue weighted by Gasteiger charge is 2.37. The van der Waals surface area contributed by atoms with Gasteiger partial charge in [0, 0.05) is 50.8 Å². The van der Waals surface area contributed by atoms with E-state index in [1.807, 2.05) is 6.07 Å². The predicted molar refractivity (Wildman–Crippen MR) is 115 cm³/mol. The molecule has 0 unspecified atom stereocenters. The van der Waals surface area contributed by atoms with Gasteiger partial charge in [-0.05, 0) is 31.4 Å². The number of halogens is 2. The van der Waals surface area contributed by atoms with E-state index < -0.39 is 17.7 Å². The number of anilines is 1. The lowest BCUT2D eigenvalue weighted by molar-refractivity contribution is -0.179. The van der Waals surface area contributed by atoms with Crippen molar-refractivity contribution in [1.82, 2.24) is 15.0 Å². The van der Waals surface area contributed by atoms with Crippen molar-refractivity contribution in [3.8, 4) is 0 Å². The molecule has 0 aliphatic carbocycles. The maximum absolute atomic E-state index is 13.8. The smallest absolute Gasteiger partial charge is 0.249 e. The normalized spacial score (nSPS) is 21.2. The second-order valence-electron chi connectivity index (χ2n) is 7.59. The van der Waals surface area contributed by atoms with Crippen molar-refractivity contribution in [1.29, 1.82) is 0 Å². The van der Waals surface area contributed by atoms with Gasteiger partial charge in [0.2, 0.25) is 5.91 Å². The number of aliphatic imine (C=N–C) groups is 1. The van der Waals surface area contributed by atoms with Crippen molar-refractivity contribution >= 4 is 17.9 Å². The third-order valence-electron chi connectivity index (χ3n) is 5.31. The van der Waals surface area contributed by atoms with Crippen molar-refractivity contribution in [2.75, 3.05) is 31.6 Å². The van der Waals surface area contributed by atoms with Gasteiger partial charge < -0.3 is 4.90 Å². The summed E-state index contributed by atoms with van der Waals surface area (Å²) in [5, 5.41) is 1.32. The third kappa shape index (κ3) is 5.81. The Bertz CT molecular complexity index is 903. The molecule has 2 aliphatic rings. The number of carbonyl (C=O) groups excluding carboxylic acids is 1. The Morgan fingerprint density at radius 2 is 2.00 bits per heavy atom. The first kappa shape index (κ1) is 22.7. The lowest BCUT2D eigenvalue weighted by atomic mass is 9.94. The molecule has 0 saturated carbocycles. The average Bonchev–Trinajstić information content (AvgIpc) is 3.23. The minimum atomic E-state index is -0.741. The number of nitrogens with zero attached hydrogens (tertiary/aromatic N) is 5. The summed E-state index contributed by atoms with van der Waals surface area (Å²) >= 11 is 0. The number of amides is 1. The number of hydrogen-bond acceptors (Lipinski definition) is 6. The highest BCUT2D eigenvalue weighted by molar-refractivity contribution is 5.79. The molecule has 3 heterocycles. The van der Waals surface area contributed by atoms with E-state index >= 15 is 0 Å². The number of aromatic nitrogens is 2. The number of hydroxylamine groups is 2. The van der Waals surface area contributed by atoms with Gasteiger partial charge in [0.05, 0.1) is 24.2 Å². The van der Waals surface area contributed by atoms with Crippen LogP contribution in [0.2, 0.25) is 0 Å². The standard InChI is InChI=1S/C22H27F2N5O2/c1-15(10-18(24)11-16(2)23)20-6-9-31-29(20)22(30)17-4-7-28(8-5-17)21-12-19(13-25-3)26-14-27-21/h10-14,17,20H,1,4-9H2,2-3H3/b16-11+,18-10+,25-13-/t20-/m0/s1. The Morgan fingerprint density at radius 3 is 2.68 bits per heavy atom. The SMILES string of the molecule is C=C(/C=C(F)\C=C(/C)F)[C@@H]1CCON1C(=O)C1CCN(c2cc(/C=N\C)ncn2)CC1. The van der Waals surface area contributed by atoms with Crippen molar-refractivity contribution < 1.29 is 18.4 Å². The van der Waals surface area contributed by atoms with Crippen LogP contribution >= 0.6 is 0 Å². The Balaban J connectivity index is 1.61. The summed E-state index contributed by atoms with van der Waals surface area (Å²) < 4.78 is 26.7. The fourth-order valence-electron chi connectivity index (χ4n) is 3.80. The Morgan fingerprint density at radius 1 is 1.26 bits per heavy atom. The average molecular weight is 431 g/mol. The van der Waals surface area contributed by atoms with Crippen LogP contribution in [0.3, 0.4) is 0 Å². The molecule has 1 atom stereocenters. The highest BCUT2D eigenvalue weighted by atomic mass is 19.1. The van der Waals surface area contributed by atoms with Gasteiger partial charge in [-0.15, -0.1) is 0 Å². The maximum atomic E-state index is 13.8.